The van der Waals surface area contributed by atoms with Crippen LogP contribution >= 0.6 is 0 Å². The predicted molar refractivity (Wildman–Crippen MR) is 96.3 cm³/mol. The second-order valence-corrected chi connectivity index (χ2v) is 5.51. The van der Waals surface area contributed by atoms with Gasteiger partial charge in [-0.1, -0.05) is 0 Å². The highest BCUT2D eigenvalue weighted by atomic mass is 16.5. The van der Waals surface area contributed by atoms with E-state index in [4.69, 9.17) is 9.47 Å². The van der Waals surface area contributed by atoms with Gasteiger partial charge in [0.15, 0.2) is 11.5 Å². The minimum absolute atomic E-state index is 0.241. The summed E-state index contributed by atoms with van der Waals surface area (Å²) in [6.45, 7) is 2.17. The van der Waals surface area contributed by atoms with Crippen molar-refractivity contribution in [1.29, 1.82) is 0 Å². The molecule has 1 aromatic carbocycles. The number of rotatable bonds is 6. The molecule has 3 aromatic rings. The number of hydrogen-bond donors (Lipinski definition) is 1. The number of benzene rings is 1. The first-order chi connectivity index (χ1) is 12.7. The highest BCUT2D eigenvalue weighted by Crippen LogP contribution is 2.31. The van der Waals surface area contributed by atoms with Gasteiger partial charge in [0.1, 0.15) is 12.3 Å². The zero-order chi connectivity index (χ0) is 18.4. The van der Waals surface area contributed by atoms with Crippen molar-refractivity contribution < 1.29 is 14.3 Å². The second-order valence-electron chi connectivity index (χ2n) is 5.51. The van der Waals surface area contributed by atoms with E-state index in [-0.39, 0.29) is 11.6 Å². The van der Waals surface area contributed by atoms with Gasteiger partial charge in [-0.15, -0.1) is 0 Å². The zero-order valence-electron chi connectivity index (χ0n) is 14.5. The van der Waals surface area contributed by atoms with Crippen LogP contribution in [-0.2, 0) is 6.61 Å². The van der Waals surface area contributed by atoms with Crippen LogP contribution in [0.25, 0.3) is 0 Å². The van der Waals surface area contributed by atoms with Gasteiger partial charge in [-0.25, -0.2) is 4.98 Å². The van der Waals surface area contributed by atoms with Crippen molar-refractivity contribution in [3.8, 4) is 11.5 Å². The van der Waals surface area contributed by atoms with Crippen molar-refractivity contribution in [3.63, 3.8) is 0 Å². The Balaban J connectivity index is 1.74. The lowest BCUT2D eigenvalue weighted by Gasteiger charge is -2.13. The van der Waals surface area contributed by atoms with Crippen LogP contribution in [0.5, 0.6) is 11.5 Å². The number of aryl methyl sites for hydroxylation is 1. The van der Waals surface area contributed by atoms with Crippen molar-refractivity contribution in [2.24, 2.45) is 0 Å². The van der Waals surface area contributed by atoms with Crippen LogP contribution in [0, 0.1) is 6.92 Å². The predicted octanol–water partition coefficient (Wildman–Crippen LogP) is 3.02. The van der Waals surface area contributed by atoms with Crippen LogP contribution < -0.4 is 14.8 Å². The summed E-state index contributed by atoms with van der Waals surface area (Å²) in [5.41, 5.74) is 2.54. The molecule has 7 heteroatoms. The third kappa shape index (κ3) is 4.32. The van der Waals surface area contributed by atoms with Gasteiger partial charge in [0.2, 0.25) is 0 Å². The first-order valence-electron chi connectivity index (χ1n) is 7.95. The Hall–Kier alpha value is -3.48. The van der Waals surface area contributed by atoms with Crippen molar-refractivity contribution in [1.82, 2.24) is 15.0 Å². The molecule has 0 saturated heterocycles. The standard InChI is InChI=1S/C19H18N4O3/c1-13-10-22-16(11-21-13)19(24)23-15-3-4-17(25-2)18(9-15)26-12-14-5-7-20-8-6-14/h3-11H,12H2,1-2H3,(H,23,24). The Morgan fingerprint density at radius 1 is 1.08 bits per heavy atom. The number of amides is 1. The molecule has 0 aliphatic rings. The molecule has 0 aliphatic heterocycles. The first kappa shape index (κ1) is 17.3. The van der Waals surface area contributed by atoms with Crippen LogP contribution in [0.2, 0.25) is 0 Å². The second kappa shape index (κ2) is 8.06. The van der Waals surface area contributed by atoms with Crippen molar-refractivity contribution in [3.05, 3.63) is 72.1 Å². The molecule has 0 spiro atoms. The third-order valence-electron chi connectivity index (χ3n) is 3.58. The molecule has 1 N–H and O–H groups in total. The molecule has 0 fully saturated rings. The van der Waals surface area contributed by atoms with E-state index in [0.29, 0.717) is 23.8 Å². The van der Waals surface area contributed by atoms with Gasteiger partial charge in [-0.2, -0.15) is 0 Å². The molecule has 3 rings (SSSR count). The molecule has 26 heavy (non-hydrogen) atoms. The number of hydrogen-bond acceptors (Lipinski definition) is 6. The summed E-state index contributed by atoms with van der Waals surface area (Å²) >= 11 is 0. The van der Waals surface area contributed by atoms with Crippen LogP contribution in [-0.4, -0.2) is 28.0 Å². The monoisotopic (exact) mass is 350 g/mol. The molecule has 0 unspecified atom stereocenters. The fourth-order valence-corrected chi connectivity index (χ4v) is 2.21. The molecule has 7 nitrogen and oxygen atoms in total. The number of nitrogens with zero attached hydrogens (tertiary/aromatic N) is 3. The topological polar surface area (TPSA) is 86.2 Å². The average Bonchev–Trinajstić information content (AvgIpc) is 2.68. The Morgan fingerprint density at radius 2 is 1.88 bits per heavy atom. The largest absolute Gasteiger partial charge is 0.493 e. The number of aromatic nitrogens is 3. The molecule has 1 amide bonds. The van der Waals surface area contributed by atoms with Crippen LogP contribution in [0.1, 0.15) is 21.7 Å². The summed E-state index contributed by atoms with van der Waals surface area (Å²) in [6, 6.07) is 8.91. The Labute approximate surface area is 151 Å². The van der Waals surface area contributed by atoms with Crippen LogP contribution in [0.4, 0.5) is 5.69 Å². The van der Waals surface area contributed by atoms with E-state index < -0.39 is 0 Å². The maximum atomic E-state index is 12.3. The number of methoxy groups -OCH3 is 1. The van der Waals surface area contributed by atoms with E-state index >= 15 is 0 Å². The Morgan fingerprint density at radius 3 is 2.58 bits per heavy atom. The molecule has 0 saturated carbocycles. The fraction of sp³-hybridized carbons (Fsp3) is 0.158. The lowest BCUT2D eigenvalue weighted by molar-refractivity contribution is 0.102. The normalized spacial score (nSPS) is 10.2. The molecule has 0 aliphatic carbocycles. The Bertz CT molecular complexity index is 883. The molecular formula is C19H18N4O3. The molecule has 132 valence electrons. The van der Waals surface area contributed by atoms with E-state index in [0.717, 1.165) is 11.3 Å². The highest BCUT2D eigenvalue weighted by Gasteiger charge is 2.11. The van der Waals surface area contributed by atoms with Crippen molar-refractivity contribution in [2.45, 2.75) is 13.5 Å². The summed E-state index contributed by atoms with van der Waals surface area (Å²) in [6.07, 6.45) is 6.39. The Kier molecular flexibility index (Phi) is 5.38. The number of pyridine rings is 1. The fourth-order valence-electron chi connectivity index (χ4n) is 2.21. The van der Waals surface area contributed by atoms with Gasteiger partial charge in [0.05, 0.1) is 19.0 Å². The number of carbonyl (C=O) groups is 1. The van der Waals surface area contributed by atoms with Gasteiger partial charge < -0.3 is 14.8 Å². The maximum Gasteiger partial charge on any atom is 0.275 e. The lowest BCUT2D eigenvalue weighted by atomic mass is 10.2. The van der Waals surface area contributed by atoms with E-state index in [1.165, 1.54) is 6.20 Å². The average molecular weight is 350 g/mol. The molecule has 0 radical (unpaired) electrons. The number of anilines is 1. The van der Waals surface area contributed by atoms with Crippen molar-refractivity contribution in [2.75, 3.05) is 12.4 Å². The molecule has 0 bridgehead atoms. The maximum absolute atomic E-state index is 12.3. The molecule has 2 heterocycles. The van der Waals surface area contributed by atoms with Gasteiger partial charge >= 0.3 is 0 Å². The lowest BCUT2D eigenvalue weighted by Crippen LogP contribution is -2.14. The van der Waals surface area contributed by atoms with E-state index in [1.807, 2.05) is 19.1 Å². The van der Waals surface area contributed by atoms with Crippen LogP contribution in [0.3, 0.4) is 0 Å². The quantitative estimate of drug-likeness (QED) is 0.735. The number of ether oxygens (including phenoxy) is 2. The smallest absolute Gasteiger partial charge is 0.275 e. The third-order valence-corrected chi connectivity index (χ3v) is 3.58. The van der Waals surface area contributed by atoms with Gasteiger partial charge in [0, 0.05) is 30.3 Å². The van der Waals surface area contributed by atoms with Gasteiger partial charge in [0.25, 0.3) is 5.91 Å². The molecular weight excluding hydrogens is 332 g/mol. The van der Waals surface area contributed by atoms with Crippen LogP contribution in [0.15, 0.2) is 55.1 Å². The number of carbonyl (C=O) groups excluding carboxylic acids is 1. The SMILES string of the molecule is COc1ccc(NC(=O)c2cnc(C)cn2)cc1OCc1ccncc1. The summed E-state index contributed by atoms with van der Waals surface area (Å²) in [7, 11) is 1.56. The summed E-state index contributed by atoms with van der Waals surface area (Å²) in [4.78, 5) is 24.4. The molecule has 2 aromatic heterocycles. The van der Waals surface area contributed by atoms with Gasteiger partial charge in [-0.05, 0) is 36.8 Å². The summed E-state index contributed by atoms with van der Waals surface area (Å²) in [5.74, 6) is 0.757. The van der Waals surface area contributed by atoms with Crippen molar-refractivity contribution >= 4 is 11.6 Å². The summed E-state index contributed by atoms with van der Waals surface area (Å²) < 4.78 is 11.1. The molecule has 0 atom stereocenters. The van der Waals surface area contributed by atoms with Gasteiger partial charge in [-0.3, -0.25) is 14.8 Å². The van der Waals surface area contributed by atoms with E-state index in [9.17, 15) is 4.79 Å². The first-order valence-corrected chi connectivity index (χ1v) is 7.95. The summed E-state index contributed by atoms with van der Waals surface area (Å²) in [5, 5.41) is 2.78. The van der Waals surface area contributed by atoms with E-state index in [2.05, 4.69) is 20.3 Å². The highest BCUT2D eigenvalue weighted by molar-refractivity contribution is 6.02. The zero-order valence-corrected chi connectivity index (χ0v) is 14.5. The number of nitrogens with one attached hydrogen (secondary N) is 1. The minimum atomic E-state index is -0.345. The van der Waals surface area contributed by atoms with E-state index in [1.54, 1.807) is 43.9 Å². The minimum Gasteiger partial charge on any atom is -0.493 e.